The molecule has 9 heteroatoms. The summed E-state index contributed by atoms with van der Waals surface area (Å²) in [4.78, 5) is 0. The van der Waals surface area contributed by atoms with Crippen molar-refractivity contribution in [2.24, 2.45) is 12.8 Å². The Bertz CT molecular complexity index is 554. The van der Waals surface area contributed by atoms with Crippen LogP contribution < -0.4 is 15.2 Å². The van der Waals surface area contributed by atoms with E-state index in [-0.39, 0.29) is 17.2 Å². The second-order valence-corrected chi connectivity index (χ2v) is 6.32. The SMILES string of the molecule is Cn1ncc(C(=N)N)c1NS(=O)(=O)NC(C)(C)C. The molecule has 18 heavy (non-hydrogen) atoms. The van der Waals surface area contributed by atoms with Gasteiger partial charge in [0, 0.05) is 12.6 Å². The maximum absolute atomic E-state index is 11.9. The summed E-state index contributed by atoms with van der Waals surface area (Å²) in [6, 6.07) is 0. The maximum Gasteiger partial charge on any atom is 0.300 e. The molecular weight excluding hydrogens is 256 g/mol. The molecule has 1 rings (SSSR count). The van der Waals surface area contributed by atoms with Crippen LogP contribution in [0.5, 0.6) is 0 Å². The van der Waals surface area contributed by atoms with Crippen molar-refractivity contribution in [2.45, 2.75) is 26.3 Å². The smallest absolute Gasteiger partial charge is 0.300 e. The van der Waals surface area contributed by atoms with Gasteiger partial charge in [-0.15, -0.1) is 0 Å². The summed E-state index contributed by atoms with van der Waals surface area (Å²) < 4.78 is 29.8. The van der Waals surface area contributed by atoms with Crippen molar-refractivity contribution in [3.8, 4) is 0 Å². The zero-order valence-electron chi connectivity index (χ0n) is 10.8. The maximum atomic E-state index is 11.9. The number of nitrogen functional groups attached to an aromatic ring is 1. The number of hydrogen-bond donors (Lipinski definition) is 4. The normalized spacial score (nSPS) is 12.4. The molecule has 5 N–H and O–H groups in total. The van der Waals surface area contributed by atoms with Crippen molar-refractivity contribution in [1.82, 2.24) is 14.5 Å². The van der Waals surface area contributed by atoms with Crippen LogP contribution >= 0.6 is 0 Å². The van der Waals surface area contributed by atoms with Gasteiger partial charge < -0.3 is 5.73 Å². The Morgan fingerprint density at radius 3 is 2.50 bits per heavy atom. The Morgan fingerprint density at radius 2 is 2.06 bits per heavy atom. The number of rotatable bonds is 4. The first-order chi connectivity index (χ1) is 8.02. The average molecular weight is 274 g/mol. The molecule has 0 aliphatic carbocycles. The minimum Gasteiger partial charge on any atom is -0.384 e. The zero-order chi connectivity index (χ0) is 14.1. The summed E-state index contributed by atoms with van der Waals surface area (Å²) in [7, 11) is -2.20. The molecule has 0 unspecified atom stereocenters. The fraction of sp³-hybridized carbons (Fsp3) is 0.556. The molecule has 0 saturated carbocycles. The van der Waals surface area contributed by atoms with E-state index >= 15 is 0 Å². The van der Waals surface area contributed by atoms with Crippen LogP contribution in [-0.4, -0.2) is 29.6 Å². The number of aromatic nitrogens is 2. The van der Waals surface area contributed by atoms with Gasteiger partial charge in [0.15, 0.2) is 0 Å². The lowest BCUT2D eigenvalue weighted by molar-refractivity contribution is 0.494. The highest BCUT2D eigenvalue weighted by Gasteiger charge is 2.22. The van der Waals surface area contributed by atoms with E-state index in [2.05, 4.69) is 14.5 Å². The second-order valence-electron chi connectivity index (χ2n) is 4.90. The first-order valence-electron chi connectivity index (χ1n) is 5.20. The molecule has 8 nitrogen and oxygen atoms in total. The van der Waals surface area contributed by atoms with Crippen LogP contribution in [0.15, 0.2) is 6.20 Å². The number of amidine groups is 1. The van der Waals surface area contributed by atoms with Gasteiger partial charge in [0.05, 0.1) is 11.8 Å². The highest BCUT2D eigenvalue weighted by molar-refractivity contribution is 7.90. The van der Waals surface area contributed by atoms with Crippen LogP contribution in [0.3, 0.4) is 0 Å². The Morgan fingerprint density at radius 1 is 1.50 bits per heavy atom. The Balaban J connectivity index is 3.05. The third-order valence-electron chi connectivity index (χ3n) is 1.90. The first kappa shape index (κ1) is 14.5. The molecule has 1 aromatic rings. The lowest BCUT2D eigenvalue weighted by atomic mass is 10.1. The molecule has 0 aliphatic heterocycles. The molecular formula is C9H18N6O2S. The molecule has 0 fully saturated rings. The van der Waals surface area contributed by atoms with E-state index in [9.17, 15) is 8.42 Å². The van der Waals surface area contributed by atoms with Gasteiger partial charge in [-0.3, -0.25) is 14.8 Å². The van der Waals surface area contributed by atoms with Crippen molar-refractivity contribution in [1.29, 1.82) is 5.41 Å². The highest BCUT2D eigenvalue weighted by Crippen LogP contribution is 2.15. The third kappa shape index (κ3) is 3.70. The molecule has 0 amide bonds. The van der Waals surface area contributed by atoms with E-state index in [1.165, 1.54) is 10.9 Å². The summed E-state index contributed by atoms with van der Waals surface area (Å²) in [5.41, 5.74) is 4.97. The Kier molecular flexibility index (Phi) is 3.67. The Labute approximate surface area is 106 Å². The zero-order valence-corrected chi connectivity index (χ0v) is 11.6. The van der Waals surface area contributed by atoms with Gasteiger partial charge in [-0.1, -0.05) is 0 Å². The van der Waals surface area contributed by atoms with Crippen LogP contribution in [0.2, 0.25) is 0 Å². The van der Waals surface area contributed by atoms with Gasteiger partial charge in [-0.25, -0.2) is 0 Å². The van der Waals surface area contributed by atoms with E-state index in [1.807, 2.05) is 0 Å². The van der Waals surface area contributed by atoms with Crippen molar-refractivity contribution in [3.63, 3.8) is 0 Å². The molecule has 1 aromatic heterocycles. The quantitative estimate of drug-likeness (QED) is 0.446. The molecule has 0 radical (unpaired) electrons. The van der Waals surface area contributed by atoms with Gasteiger partial charge in [-0.2, -0.15) is 18.2 Å². The summed E-state index contributed by atoms with van der Waals surface area (Å²) in [6.45, 7) is 5.17. The van der Waals surface area contributed by atoms with E-state index in [0.29, 0.717) is 0 Å². The largest absolute Gasteiger partial charge is 0.384 e. The van der Waals surface area contributed by atoms with Crippen LogP contribution in [0.25, 0.3) is 0 Å². The van der Waals surface area contributed by atoms with E-state index in [4.69, 9.17) is 11.1 Å². The fourth-order valence-corrected chi connectivity index (χ4v) is 2.67. The molecule has 0 bridgehead atoms. The van der Waals surface area contributed by atoms with Crippen LogP contribution in [-0.2, 0) is 17.3 Å². The first-order valence-corrected chi connectivity index (χ1v) is 6.68. The number of nitrogens with zero attached hydrogens (tertiary/aromatic N) is 2. The van der Waals surface area contributed by atoms with Crippen molar-refractivity contribution < 1.29 is 8.42 Å². The molecule has 0 aromatic carbocycles. The average Bonchev–Trinajstić information content (AvgIpc) is 2.42. The lowest BCUT2D eigenvalue weighted by Crippen LogP contribution is -2.44. The van der Waals surface area contributed by atoms with E-state index in [0.717, 1.165) is 0 Å². The molecule has 0 aliphatic rings. The van der Waals surface area contributed by atoms with Crippen molar-refractivity contribution in [2.75, 3.05) is 4.72 Å². The molecule has 0 saturated heterocycles. The standard InChI is InChI=1S/C9H18N6O2S/c1-9(2,3)14-18(16,17)13-8-6(7(10)11)5-12-15(8)4/h5,13-14H,1-4H3,(H3,10,11). The van der Waals surface area contributed by atoms with E-state index in [1.54, 1.807) is 27.8 Å². The van der Waals surface area contributed by atoms with Gasteiger partial charge in [-0.05, 0) is 20.8 Å². The summed E-state index contributed by atoms with van der Waals surface area (Å²) in [6.07, 6.45) is 1.33. The number of anilines is 1. The number of nitrogens with one attached hydrogen (secondary N) is 3. The Hall–Kier alpha value is -1.61. The predicted octanol–water partition coefficient (Wildman–Crippen LogP) is -0.251. The molecule has 102 valence electrons. The summed E-state index contributed by atoms with van der Waals surface area (Å²) in [5, 5.41) is 11.2. The van der Waals surface area contributed by atoms with Gasteiger partial charge in [0.25, 0.3) is 0 Å². The van der Waals surface area contributed by atoms with Crippen LogP contribution in [0, 0.1) is 5.41 Å². The predicted molar refractivity (Wildman–Crippen MR) is 69.7 cm³/mol. The topological polar surface area (TPSA) is 126 Å². The number of aryl methyl sites for hydroxylation is 1. The van der Waals surface area contributed by atoms with Crippen LogP contribution in [0.1, 0.15) is 26.3 Å². The van der Waals surface area contributed by atoms with Gasteiger partial charge in [0.1, 0.15) is 11.7 Å². The highest BCUT2D eigenvalue weighted by atomic mass is 32.2. The monoisotopic (exact) mass is 274 g/mol. The number of hydrogen-bond acceptors (Lipinski definition) is 4. The number of nitrogens with two attached hydrogens (primary N) is 1. The minimum absolute atomic E-state index is 0.152. The van der Waals surface area contributed by atoms with E-state index < -0.39 is 15.7 Å². The molecule has 0 atom stereocenters. The summed E-state index contributed by atoms with van der Waals surface area (Å²) in [5.74, 6) is -0.101. The van der Waals surface area contributed by atoms with Gasteiger partial charge >= 0.3 is 10.2 Å². The third-order valence-corrected chi connectivity index (χ3v) is 3.24. The van der Waals surface area contributed by atoms with Crippen LogP contribution in [0.4, 0.5) is 5.82 Å². The fourth-order valence-electron chi connectivity index (χ4n) is 1.31. The second kappa shape index (κ2) is 4.58. The molecule has 1 heterocycles. The minimum atomic E-state index is -3.75. The van der Waals surface area contributed by atoms with Crippen molar-refractivity contribution in [3.05, 3.63) is 11.8 Å². The van der Waals surface area contributed by atoms with Gasteiger partial charge in [0.2, 0.25) is 0 Å². The molecule has 0 spiro atoms. The lowest BCUT2D eigenvalue weighted by Gasteiger charge is -2.21. The van der Waals surface area contributed by atoms with Crippen molar-refractivity contribution >= 4 is 21.9 Å². The summed E-state index contributed by atoms with van der Waals surface area (Å²) >= 11 is 0.